The Labute approximate surface area is 279 Å². The summed E-state index contributed by atoms with van der Waals surface area (Å²) in [5, 5.41) is 18.9. The molecular weight excluding hydrogens is 634 g/mol. The van der Waals surface area contributed by atoms with Gasteiger partial charge in [-0.3, -0.25) is 4.98 Å². The fraction of sp³-hybridized carbons (Fsp3) is 0.743. The largest absolute Gasteiger partial charge is 0.444 e. The van der Waals surface area contributed by atoms with Crippen molar-refractivity contribution >= 4 is 28.1 Å². The fourth-order valence-corrected chi connectivity index (χ4v) is 7.19. The van der Waals surface area contributed by atoms with E-state index in [0.717, 1.165) is 48.6 Å². The third-order valence-electron chi connectivity index (χ3n) is 8.38. The van der Waals surface area contributed by atoms with Crippen LogP contribution in [0.4, 0.5) is 9.59 Å². The van der Waals surface area contributed by atoms with Crippen LogP contribution in [0.1, 0.15) is 126 Å². The highest BCUT2D eigenvalue weighted by atomic mass is 79.9. The van der Waals surface area contributed by atoms with Crippen LogP contribution in [-0.2, 0) is 14.9 Å². The van der Waals surface area contributed by atoms with Gasteiger partial charge in [0.15, 0.2) is 0 Å². The maximum atomic E-state index is 12.6. The van der Waals surface area contributed by atoms with Gasteiger partial charge in [0, 0.05) is 41.0 Å². The fourth-order valence-electron chi connectivity index (χ4n) is 6.82. The molecule has 0 aliphatic carbocycles. The van der Waals surface area contributed by atoms with Gasteiger partial charge in [-0.2, -0.15) is 10.5 Å². The molecule has 5 rings (SSSR count). The Balaban J connectivity index is 0.000000296. The van der Waals surface area contributed by atoms with Crippen molar-refractivity contribution in [2.75, 3.05) is 0 Å². The first-order chi connectivity index (χ1) is 21.1. The van der Waals surface area contributed by atoms with Crippen molar-refractivity contribution < 1.29 is 19.1 Å². The third-order valence-corrected chi connectivity index (χ3v) is 8.82. The smallest absolute Gasteiger partial charge is 0.410 e. The normalized spacial score (nSPS) is 28.0. The second-order valence-electron chi connectivity index (χ2n) is 13.8. The first kappa shape index (κ1) is 38.3. The molecule has 1 aromatic rings. The predicted octanol–water partition coefficient (Wildman–Crippen LogP) is 8.91. The standard InChI is InChI=1S/C18H22BrN3O2.C13H20N2O2.2C2H6/c1-17(2,3)24-16(23)22-14-4-5-15(22)8-18(7-14,11-20)12-6-13(19)10-21-9-12;1-13(2,3)17-12(16)15-10-4-5-11(15)7-9(6-10)8-14;2*1-2/h6,9-10,14-15H,4-5,7-8H2,1-3H3;9-11H,4-7H2,1-3H3;2*1-2H3/t14-,15+,18?;9?,10-,11+;;. The van der Waals surface area contributed by atoms with E-state index in [1.807, 2.05) is 85.1 Å². The zero-order valence-electron chi connectivity index (χ0n) is 29.0. The second-order valence-corrected chi connectivity index (χ2v) is 14.8. The highest BCUT2D eigenvalue weighted by Crippen LogP contribution is 2.47. The zero-order chi connectivity index (χ0) is 34.2. The zero-order valence-corrected chi connectivity index (χ0v) is 30.6. The number of aromatic nitrogens is 1. The van der Waals surface area contributed by atoms with Gasteiger partial charge in [-0.05, 0) is 120 Å². The molecule has 9 nitrogen and oxygen atoms in total. The number of nitriles is 2. The first-order valence-electron chi connectivity index (χ1n) is 16.6. The molecule has 4 bridgehead atoms. The lowest BCUT2D eigenvalue weighted by Gasteiger charge is -2.43. The topological polar surface area (TPSA) is 120 Å². The van der Waals surface area contributed by atoms with E-state index in [0.29, 0.717) is 12.8 Å². The van der Waals surface area contributed by atoms with Crippen molar-refractivity contribution in [3.05, 3.63) is 28.5 Å². The minimum atomic E-state index is -0.582. The van der Waals surface area contributed by atoms with Crippen LogP contribution in [0.25, 0.3) is 0 Å². The molecule has 2 amide bonds. The molecule has 0 radical (unpaired) electrons. The number of hydrogen-bond donors (Lipinski definition) is 0. The Morgan fingerprint density at radius 2 is 1.24 bits per heavy atom. The minimum Gasteiger partial charge on any atom is -0.444 e. The van der Waals surface area contributed by atoms with Gasteiger partial charge in [-0.25, -0.2) is 9.59 Å². The maximum absolute atomic E-state index is 12.6. The Kier molecular flexibility index (Phi) is 13.7. The number of piperidine rings is 2. The predicted molar refractivity (Wildman–Crippen MR) is 179 cm³/mol. The van der Waals surface area contributed by atoms with Gasteiger partial charge in [0.1, 0.15) is 11.2 Å². The number of amides is 2. The highest BCUT2D eigenvalue weighted by Gasteiger charge is 2.52. The van der Waals surface area contributed by atoms with Crippen molar-refractivity contribution in [3.63, 3.8) is 0 Å². The Hall–Kier alpha value is -2.85. The molecule has 0 N–H and O–H groups in total. The molecule has 250 valence electrons. The number of halogens is 1. The summed E-state index contributed by atoms with van der Waals surface area (Å²) in [7, 11) is 0. The molecule has 4 aliphatic heterocycles. The van der Waals surface area contributed by atoms with E-state index in [1.165, 1.54) is 0 Å². The van der Waals surface area contributed by atoms with E-state index in [4.69, 9.17) is 14.7 Å². The van der Waals surface area contributed by atoms with Gasteiger partial charge in [0.2, 0.25) is 0 Å². The average molecular weight is 689 g/mol. The van der Waals surface area contributed by atoms with Gasteiger partial charge in [-0.1, -0.05) is 27.7 Å². The van der Waals surface area contributed by atoms with Gasteiger partial charge in [0.05, 0.1) is 23.5 Å². The lowest BCUT2D eigenvalue weighted by Crippen LogP contribution is -2.52. The van der Waals surface area contributed by atoms with Crippen LogP contribution < -0.4 is 0 Å². The van der Waals surface area contributed by atoms with E-state index in [1.54, 1.807) is 12.4 Å². The van der Waals surface area contributed by atoms with Crippen LogP contribution in [0, 0.1) is 28.6 Å². The van der Waals surface area contributed by atoms with E-state index in [9.17, 15) is 14.9 Å². The van der Waals surface area contributed by atoms with Crippen LogP contribution in [0.3, 0.4) is 0 Å². The molecule has 0 aromatic carbocycles. The van der Waals surface area contributed by atoms with Gasteiger partial charge >= 0.3 is 12.2 Å². The Morgan fingerprint density at radius 1 is 0.822 bits per heavy atom. The Morgan fingerprint density at radius 3 is 1.62 bits per heavy atom. The van der Waals surface area contributed by atoms with Gasteiger partial charge < -0.3 is 19.3 Å². The number of rotatable bonds is 1. The summed E-state index contributed by atoms with van der Waals surface area (Å²) < 4.78 is 11.9. The highest BCUT2D eigenvalue weighted by molar-refractivity contribution is 9.10. The lowest BCUT2D eigenvalue weighted by molar-refractivity contribution is 0.00189. The van der Waals surface area contributed by atoms with Gasteiger partial charge in [-0.15, -0.1) is 0 Å². The molecule has 5 heterocycles. The summed E-state index contributed by atoms with van der Waals surface area (Å²) >= 11 is 3.44. The maximum Gasteiger partial charge on any atom is 0.410 e. The molecule has 6 atom stereocenters. The summed E-state index contributed by atoms with van der Waals surface area (Å²) in [4.78, 5) is 32.6. The molecule has 10 heteroatoms. The van der Waals surface area contributed by atoms with Crippen molar-refractivity contribution in [2.45, 2.75) is 161 Å². The van der Waals surface area contributed by atoms with Crippen LogP contribution in [0.5, 0.6) is 0 Å². The number of carbonyl (C=O) groups is 2. The molecule has 4 saturated heterocycles. The third kappa shape index (κ3) is 9.82. The molecule has 2 unspecified atom stereocenters. The minimum absolute atomic E-state index is 0.0530. The average Bonchev–Trinajstić information content (AvgIpc) is 3.42. The van der Waals surface area contributed by atoms with Crippen LogP contribution in [-0.4, -0.2) is 62.3 Å². The number of hydrogen-bond acceptors (Lipinski definition) is 7. The molecule has 4 aliphatic rings. The monoisotopic (exact) mass is 687 g/mol. The van der Waals surface area contributed by atoms with E-state index in [-0.39, 0.29) is 42.3 Å². The van der Waals surface area contributed by atoms with Crippen molar-refractivity contribution in [1.82, 2.24) is 14.8 Å². The van der Waals surface area contributed by atoms with Crippen molar-refractivity contribution in [3.8, 4) is 12.1 Å². The SMILES string of the molecule is CC.CC.CC(C)(C)OC(=O)N1[C@@H]2CC[C@H]1CC(C#N)(c1cncc(Br)c1)C2.CC(C)(C)OC(=O)N1[C@@H]2CC[C@H]1CC(C#N)C2. The molecule has 0 spiro atoms. The first-order valence-corrected chi connectivity index (χ1v) is 17.4. The second kappa shape index (κ2) is 16.1. The molecule has 1 aromatic heterocycles. The van der Waals surface area contributed by atoms with Crippen LogP contribution >= 0.6 is 15.9 Å². The molecular formula is C35H54BrN5O4. The van der Waals surface area contributed by atoms with Crippen molar-refractivity contribution in [1.29, 1.82) is 10.5 Å². The number of carbonyl (C=O) groups excluding carboxylic acids is 2. The quantitative estimate of drug-likeness (QED) is 0.289. The van der Waals surface area contributed by atoms with E-state index >= 15 is 0 Å². The van der Waals surface area contributed by atoms with Crippen LogP contribution in [0.2, 0.25) is 0 Å². The van der Waals surface area contributed by atoms with Crippen LogP contribution in [0.15, 0.2) is 22.9 Å². The number of ether oxygens (including phenoxy) is 2. The summed E-state index contributed by atoms with van der Waals surface area (Å²) in [6, 6.07) is 7.37. The van der Waals surface area contributed by atoms with E-state index in [2.05, 4.69) is 33.1 Å². The summed E-state index contributed by atoms with van der Waals surface area (Å²) in [5.74, 6) is 0.117. The summed E-state index contributed by atoms with van der Waals surface area (Å²) in [6.45, 7) is 19.3. The molecule has 0 saturated carbocycles. The number of fused-ring (bicyclic) bond motifs is 4. The van der Waals surface area contributed by atoms with Crippen molar-refractivity contribution in [2.24, 2.45) is 5.92 Å². The Bertz CT molecular complexity index is 1200. The van der Waals surface area contributed by atoms with Gasteiger partial charge in [0.25, 0.3) is 0 Å². The molecule has 45 heavy (non-hydrogen) atoms. The lowest BCUT2D eigenvalue weighted by atomic mass is 9.71. The summed E-state index contributed by atoms with van der Waals surface area (Å²) in [5.41, 5.74) is -0.599. The summed E-state index contributed by atoms with van der Waals surface area (Å²) in [6.07, 6.45) is 9.81. The number of pyridine rings is 1. The molecule has 4 fully saturated rings. The van der Waals surface area contributed by atoms with E-state index < -0.39 is 16.6 Å². The number of nitrogens with zero attached hydrogens (tertiary/aromatic N) is 5.